The van der Waals surface area contributed by atoms with Crippen molar-refractivity contribution >= 4 is 16.7 Å². The number of hydrogen-bond acceptors (Lipinski definition) is 1. The summed E-state index contributed by atoms with van der Waals surface area (Å²) in [7, 11) is 0. The second kappa shape index (κ2) is 5.92. The van der Waals surface area contributed by atoms with Crippen LogP contribution in [0.25, 0.3) is 10.9 Å². The topological polar surface area (TPSA) is 41.7 Å². The maximum atomic E-state index is 13.6. The number of fused-ring (bicyclic) bond motifs is 1. The molecule has 0 spiro atoms. The summed E-state index contributed by atoms with van der Waals surface area (Å²) in [5, 5.41) is 1.38. The highest BCUT2D eigenvalue weighted by molar-refractivity contribution is 5.92. The van der Waals surface area contributed by atoms with Crippen LogP contribution >= 0.6 is 0 Å². The lowest BCUT2D eigenvalue weighted by atomic mass is 9.57. The van der Waals surface area contributed by atoms with Gasteiger partial charge in [-0.25, -0.2) is 0 Å². The molecule has 4 saturated heterocycles. The molecule has 5 heterocycles. The van der Waals surface area contributed by atoms with E-state index >= 15 is 0 Å². The van der Waals surface area contributed by atoms with E-state index in [1.807, 2.05) is 0 Å². The van der Waals surface area contributed by atoms with Crippen LogP contribution in [0.4, 0.5) is 0 Å². The minimum atomic E-state index is -0.0679. The van der Waals surface area contributed by atoms with Gasteiger partial charge < -0.3 is 4.98 Å². The van der Waals surface area contributed by atoms with Gasteiger partial charge in [-0.1, -0.05) is 44.9 Å². The van der Waals surface area contributed by atoms with Crippen molar-refractivity contribution in [2.75, 3.05) is 26.2 Å². The van der Waals surface area contributed by atoms with Crippen LogP contribution in [-0.2, 0) is 4.79 Å². The fourth-order valence-electron chi connectivity index (χ4n) is 7.19. The summed E-state index contributed by atoms with van der Waals surface area (Å²) < 4.78 is 0. The van der Waals surface area contributed by atoms with E-state index in [2.05, 4.69) is 50.0 Å². The molecule has 4 bridgehead atoms. The predicted octanol–water partition coefficient (Wildman–Crippen LogP) is 1.43. The molecule has 0 amide bonds. The lowest BCUT2D eigenvalue weighted by Gasteiger charge is -2.60. The second-order valence-corrected chi connectivity index (χ2v) is 9.56. The van der Waals surface area contributed by atoms with E-state index < -0.39 is 0 Å². The molecule has 0 atom stereocenters. The Morgan fingerprint density at radius 2 is 1.56 bits per heavy atom. The first kappa shape index (κ1) is 17.4. The molecule has 4 nitrogen and oxygen atoms in total. The van der Waals surface area contributed by atoms with Crippen LogP contribution in [0.15, 0.2) is 24.3 Å². The van der Waals surface area contributed by atoms with E-state index in [4.69, 9.17) is 0 Å². The van der Waals surface area contributed by atoms with Crippen LogP contribution in [-0.4, -0.2) is 36.9 Å². The minimum absolute atomic E-state index is 0.0679. The first-order valence-electron chi connectivity index (χ1n) is 10.8. The first-order valence-corrected chi connectivity index (χ1v) is 10.8. The molecule has 0 radical (unpaired) electrons. The lowest BCUT2D eigenvalue weighted by molar-refractivity contribution is -1.18. The molecule has 0 aliphatic carbocycles. The molecule has 4 heteroatoms. The van der Waals surface area contributed by atoms with E-state index in [0.717, 1.165) is 51.9 Å². The monoisotopic (exact) mass is 367 g/mol. The third kappa shape index (κ3) is 2.26. The zero-order chi connectivity index (χ0) is 18.8. The minimum Gasteiger partial charge on any atom is -0.358 e. The molecule has 4 aliphatic heterocycles. The summed E-state index contributed by atoms with van der Waals surface area (Å²) in [5.41, 5.74) is 3.93. The van der Waals surface area contributed by atoms with E-state index in [1.165, 1.54) is 22.2 Å². The third-order valence-electron chi connectivity index (χ3n) is 7.73. The molecule has 1 aromatic carbocycles. The number of aryl methyl sites for hydroxylation is 1. The van der Waals surface area contributed by atoms with Crippen LogP contribution in [0, 0.1) is 17.8 Å². The third-order valence-corrected chi connectivity index (χ3v) is 7.73. The number of quaternary nitrogens is 2. The van der Waals surface area contributed by atoms with Gasteiger partial charge in [0.2, 0.25) is 6.17 Å². The van der Waals surface area contributed by atoms with Gasteiger partial charge in [0.25, 0.3) is 0 Å². The predicted molar refractivity (Wildman–Crippen MR) is 107 cm³/mol. The maximum absolute atomic E-state index is 13.6. The highest BCUT2D eigenvalue weighted by Gasteiger charge is 2.70. The van der Waals surface area contributed by atoms with Crippen LogP contribution < -0.4 is 9.80 Å². The number of aromatic amines is 1. The molecule has 4 fully saturated rings. The highest BCUT2D eigenvalue weighted by atomic mass is 16.1. The van der Waals surface area contributed by atoms with Crippen molar-refractivity contribution in [1.29, 1.82) is 0 Å². The Morgan fingerprint density at radius 1 is 1.00 bits per heavy atom. The zero-order valence-corrected chi connectivity index (χ0v) is 17.0. The van der Waals surface area contributed by atoms with Gasteiger partial charge in [0.1, 0.15) is 37.0 Å². The van der Waals surface area contributed by atoms with E-state index in [-0.39, 0.29) is 10.8 Å². The number of carbonyl (C=O) groups excluding carboxylic acids is 1. The van der Waals surface area contributed by atoms with Gasteiger partial charge in [-0.2, -0.15) is 0 Å². The van der Waals surface area contributed by atoms with Gasteiger partial charge in [0.15, 0.2) is 5.78 Å². The fraction of sp³-hybridized carbons (Fsp3) is 0.609. The number of rotatable bonds is 5. The van der Waals surface area contributed by atoms with E-state index in [0.29, 0.717) is 11.9 Å². The Bertz CT molecular complexity index is 854. The SMILES string of the molecule is CCCC12C[NH+]3CC(CCC)(C[NH+](C1)C3c1c(C)[nH]c3ccccc13)C2=O. The van der Waals surface area contributed by atoms with Crippen molar-refractivity contribution in [3.8, 4) is 0 Å². The van der Waals surface area contributed by atoms with Crippen LogP contribution in [0.2, 0.25) is 0 Å². The average molecular weight is 368 g/mol. The molecule has 4 aliphatic rings. The number of para-hydroxylation sites is 1. The van der Waals surface area contributed by atoms with Crippen molar-refractivity contribution in [3.05, 3.63) is 35.5 Å². The summed E-state index contributed by atoms with van der Waals surface area (Å²) in [6.45, 7) is 10.9. The molecule has 27 heavy (non-hydrogen) atoms. The standard InChI is InChI=1S/C23H31N3O/c1-4-10-22-12-25-14-23(11-5-2,21(22)27)15-26(13-22)20(25)19-16(3)24-18-9-7-6-8-17(18)19/h6-9,20,24H,4-5,10-15H2,1-3H3/p+2. The van der Waals surface area contributed by atoms with Crippen LogP contribution in [0.1, 0.15) is 57.0 Å². The van der Waals surface area contributed by atoms with E-state index in [1.54, 1.807) is 9.80 Å². The first-order chi connectivity index (χ1) is 13.0. The molecular weight excluding hydrogens is 334 g/mol. The molecule has 2 aromatic rings. The summed E-state index contributed by atoms with van der Waals surface area (Å²) in [6, 6.07) is 8.74. The normalized spacial score (nSPS) is 37.4. The Kier molecular flexibility index (Phi) is 3.83. The Labute approximate surface area is 161 Å². The summed E-state index contributed by atoms with van der Waals surface area (Å²) in [4.78, 5) is 20.6. The number of hydrogen-bond donors (Lipinski definition) is 3. The number of piperidine rings is 2. The molecule has 0 unspecified atom stereocenters. The lowest BCUT2D eigenvalue weighted by Crippen LogP contribution is -3.41. The largest absolute Gasteiger partial charge is 0.358 e. The average Bonchev–Trinajstić information content (AvgIpc) is 2.95. The van der Waals surface area contributed by atoms with Gasteiger partial charge in [-0.3, -0.25) is 14.6 Å². The Balaban J connectivity index is 1.61. The fourth-order valence-corrected chi connectivity index (χ4v) is 7.19. The Morgan fingerprint density at radius 3 is 2.11 bits per heavy atom. The van der Waals surface area contributed by atoms with Crippen molar-refractivity contribution in [1.82, 2.24) is 4.98 Å². The summed E-state index contributed by atoms with van der Waals surface area (Å²) >= 11 is 0. The highest BCUT2D eigenvalue weighted by Crippen LogP contribution is 2.42. The molecular formula is C23H33N3O+2. The van der Waals surface area contributed by atoms with Gasteiger partial charge >= 0.3 is 0 Å². The van der Waals surface area contributed by atoms with Crippen LogP contribution in [0.5, 0.6) is 0 Å². The quantitative estimate of drug-likeness (QED) is 0.735. The zero-order valence-electron chi connectivity index (χ0n) is 17.0. The maximum Gasteiger partial charge on any atom is 0.242 e. The summed E-state index contributed by atoms with van der Waals surface area (Å²) in [6.07, 6.45) is 4.86. The number of nitrogens with one attached hydrogen (secondary N) is 3. The number of H-pyrrole nitrogens is 1. The molecule has 1 aromatic heterocycles. The molecule has 3 N–H and O–H groups in total. The van der Waals surface area contributed by atoms with E-state index in [9.17, 15) is 4.79 Å². The van der Waals surface area contributed by atoms with Gasteiger partial charge in [0.05, 0.1) is 5.56 Å². The van der Waals surface area contributed by atoms with Crippen molar-refractivity contribution in [3.63, 3.8) is 0 Å². The van der Waals surface area contributed by atoms with Crippen molar-refractivity contribution in [2.45, 2.75) is 52.6 Å². The van der Waals surface area contributed by atoms with Crippen molar-refractivity contribution in [2.24, 2.45) is 10.8 Å². The Hall–Kier alpha value is -1.65. The second-order valence-electron chi connectivity index (χ2n) is 9.56. The molecule has 144 valence electrons. The molecule has 0 saturated carbocycles. The smallest absolute Gasteiger partial charge is 0.242 e. The van der Waals surface area contributed by atoms with Gasteiger partial charge in [-0.15, -0.1) is 0 Å². The van der Waals surface area contributed by atoms with Crippen molar-refractivity contribution < 1.29 is 14.6 Å². The number of ketones is 1. The number of carbonyl (C=O) groups is 1. The number of benzene rings is 1. The van der Waals surface area contributed by atoms with Gasteiger partial charge in [-0.05, 0) is 25.8 Å². The summed E-state index contributed by atoms with van der Waals surface area (Å²) in [5.74, 6) is 0.625. The number of Topliss-reactive ketones (excluding diaryl/α,β-unsaturated/α-hetero) is 1. The van der Waals surface area contributed by atoms with Crippen LogP contribution in [0.3, 0.4) is 0 Å². The number of aromatic nitrogens is 1. The van der Waals surface area contributed by atoms with Gasteiger partial charge in [0, 0.05) is 16.6 Å². The molecule has 6 rings (SSSR count).